The van der Waals surface area contributed by atoms with Crippen molar-refractivity contribution in [2.75, 3.05) is 22.6 Å². The van der Waals surface area contributed by atoms with E-state index in [1.807, 2.05) is 6.26 Å². The SMILES string of the molecule is CSCC[C@@H](NC(=O)C1CCC(C)CC1)C(=O)Nc1ccc(NC(C)=O)cc1. The first-order chi connectivity index (χ1) is 13.4. The quantitative estimate of drug-likeness (QED) is 0.616. The van der Waals surface area contributed by atoms with E-state index in [0.29, 0.717) is 23.7 Å². The van der Waals surface area contributed by atoms with Crippen LogP contribution >= 0.6 is 11.8 Å². The van der Waals surface area contributed by atoms with E-state index in [4.69, 9.17) is 0 Å². The van der Waals surface area contributed by atoms with Crippen LogP contribution in [-0.2, 0) is 14.4 Å². The summed E-state index contributed by atoms with van der Waals surface area (Å²) in [4.78, 5) is 36.5. The molecule has 0 unspecified atom stereocenters. The Morgan fingerprint density at radius 1 is 1.04 bits per heavy atom. The van der Waals surface area contributed by atoms with Crippen molar-refractivity contribution in [1.82, 2.24) is 5.32 Å². The minimum atomic E-state index is -0.547. The van der Waals surface area contributed by atoms with Gasteiger partial charge in [-0.3, -0.25) is 14.4 Å². The Kier molecular flexibility index (Phi) is 8.83. The van der Waals surface area contributed by atoms with Gasteiger partial charge in [-0.05, 0) is 74.3 Å². The highest BCUT2D eigenvalue weighted by molar-refractivity contribution is 7.98. The first-order valence-electron chi connectivity index (χ1n) is 9.87. The normalized spacial score (nSPS) is 20.1. The van der Waals surface area contributed by atoms with Gasteiger partial charge in [-0.1, -0.05) is 6.92 Å². The van der Waals surface area contributed by atoms with E-state index >= 15 is 0 Å². The third kappa shape index (κ3) is 7.19. The molecule has 1 fully saturated rings. The molecule has 1 aromatic carbocycles. The molecule has 1 aromatic rings. The van der Waals surface area contributed by atoms with Crippen molar-refractivity contribution in [3.63, 3.8) is 0 Å². The Bertz CT molecular complexity index is 670. The first-order valence-corrected chi connectivity index (χ1v) is 11.3. The lowest BCUT2D eigenvalue weighted by Gasteiger charge is -2.27. The number of thioether (sulfide) groups is 1. The van der Waals surface area contributed by atoms with Gasteiger partial charge >= 0.3 is 0 Å². The summed E-state index contributed by atoms with van der Waals surface area (Å²) in [5, 5.41) is 8.53. The second kappa shape index (κ2) is 11.1. The largest absolute Gasteiger partial charge is 0.344 e. The average molecular weight is 406 g/mol. The van der Waals surface area contributed by atoms with Crippen LogP contribution in [0.15, 0.2) is 24.3 Å². The molecule has 2 rings (SSSR count). The maximum Gasteiger partial charge on any atom is 0.246 e. The highest BCUT2D eigenvalue weighted by Gasteiger charge is 2.28. The number of carbonyl (C=O) groups excluding carboxylic acids is 3. The predicted octanol–water partition coefficient (Wildman–Crippen LogP) is 3.65. The molecule has 6 nitrogen and oxygen atoms in total. The van der Waals surface area contributed by atoms with Crippen molar-refractivity contribution in [2.24, 2.45) is 11.8 Å². The number of amides is 3. The zero-order valence-electron chi connectivity index (χ0n) is 16.9. The lowest BCUT2D eigenvalue weighted by Crippen LogP contribution is -2.46. The second-order valence-electron chi connectivity index (χ2n) is 7.55. The van der Waals surface area contributed by atoms with Crippen LogP contribution in [0.1, 0.15) is 46.0 Å². The molecular weight excluding hydrogens is 374 g/mol. The van der Waals surface area contributed by atoms with Crippen LogP contribution in [0.2, 0.25) is 0 Å². The molecule has 1 aliphatic carbocycles. The third-order valence-corrected chi connectivity index (χ3v) is 5.75. The van der Waals surface area contributed by atoms with E-state index < -0.39 is 6.04 Å². The van der Waals surface area contributed by atoms with Crippen LogP contribution in [-0.4, -0.2) is 35.8 Å². The lowest BCUT2D eigenvalue weighted by molar-refractivity contribution is -0.130. The lowest BCUT2D eigenvalue weighted by atomic mass is 9.82. The summed E-state index contributed by atoms with van der Waals surface area (Å²) in [6.07, 6.45) is 6.51. The summed E-state index contributed by atoms with van der Waals surface area (Å²) in [5.74, 6) is 1.13. The number of hydrogen-bond donors (Lipinski definition) is 3. The Hall–Kier alpha value is -2.02. The Morgan fingerprint density at radius 2 is 1.61 bits per heavy atom. The van der Waals surface area contributed by atoms with Crippen LogP contribution in [0.4, 0.5) is 11.4 Å². The summed E-state index contributed by atoms with van der Waals surface area (Å²) in [5.41, 5.74) is 1.30. The Labute approximate surface area is 171 Å². The van der Waals surface area contributed by atoms with Crippen molar-refractivity contribution >= 4 is 40.9 Å². The maximum atomic E-state index is 12.7. The molecule has 28 heavy (non-hydrogen) atoms. The van der Waals surface area contributed by atoms with Gasteiger partial charge in [-0.25, -0.2) is 0 Å². The van der Waals surface area contributed by atoms with Crippen LogP contribution in [0.25, 0.3) is 0 Å². The minimum Gasteiger partial charge on any atom is -0.344 e. The van der Waals surface area contributed by atoms with Gasteiger partial charge in [0.05, 0.1) is 0 Å². The molecule has 7 heteroatoms. The van der Waals surface area contributed by atoms with E-state index in [1.165, 1.54) is 6.92 Å². The molecule has 0 aromatic heterocycles. The molecule has 0 spiro atoms. The van der Waals surface area contributed by atoms with Crippen LogP contribution in [0, 0.1) is 11.8 Å². The van der Waals surface area contributed by atoms with Gasteiger partial charge in [0.2, 0.25) is 17.7 Å². The van der Waals surface area contributed by atoms with E-state index in [1.54, 1.807) is 36.0 Å². The summed E-state index contributed by atoms with van der Waals surface area (Å²) < 4.78 is 0. The number of rotatable bonds is 8. The molecule has 1 atom stereocenters. The average Bonchev–Trinajstić information content (AvgIpc) is 2.66. The number of carbonyl (C=O) groups is 3. The molecular formula is C21H31N3O3S. The maximum absolute atomic E-state index is 12.7. The molecule has 154 valence electrons. The number of anilines is 2. The van der Waals surface area contributed by atoms with Gasteiger partial charge < -0.3 is 16.0 Å². The van der Waals surface area contributed by atoms with E-state index in [2.05, 4.69) is 22.9 Å². The van der Waals surface area contributed by atoms with E-state index in [9.17, 15) is 14.4 Å². The topological polar surface area (TPSA) is 87.3 Å². The molecule has 0 bridgehead atoms. The summed E-state index contributed by atoms with van der Waals surface area (Å²) in [7, 11) is 0. The predicted molar refractivity (Wildman–Crippen MR) is 115 cm³/mol. The highest BCUT2D eigenvalue weighted by Crippen LogP contribution is 2.28. The third-order valence-electron chi connectivity index (χ3n) is 5.10. The zero-order chi connectivity index (χ0) is 20.5. The number of hydrogen-bond acceptors (Lipinski definition) is 4. The van der Waals surface area contributed by atoms with Crippen LogP contribution in [0.5, 0.6) is 0 Å². The molecule has 1 saturated carbocycles. The molecule has 0 radical (unpaired) electrons. The molecule has 3 amide bonds. The Morgan fingerprint density at radius 3 is 2.14 bits per heavy atom. The molecule has 0 heterocycles. The monoisotopic (exact) mass is 405 g/mol. The molecule has 0 aliphatic heterocycles. The van der Waals surface area contributed by atoms with Crippen LogP contribution in [0.3, 0.4) is 0 Å². The van der Waals surface area contributed by atoms with Gasteiger partial charge in [0.15, 0.2) is 0 Å². The minimum absolute atomic E-state index is 0.00541. The van der Waals surface area contributed by atoms with Gasteiger partial charge in [0, 0.05) is 24.2 Å². The van der Waals surface area contributed by atoms with Crippen molar-refractivity contribution in [3.05, 3.63) is 24.3 Å². The van der Waals surface area contributed by atoms with Crippen molar-refractivity contribution < 1.29 is 14.4 Å². The van der Waals surface area contributed by atoms with Crippen molar-refractivity contribution in [3.8, 4) is 0 Å². The Balaban J connectivity index is 1.95. The molecule has 1 aliphatic rings. The first kappa shape index (κ1) is 22.3. The smallest absolute Gasteiger partial charge is 0.246 e. The number of nitrogens with one attached hydrogen (secondary N) is 3. The summed E-state index contributed by atoms with van der Waals surface area (Å²) in [6.45, 7) is 3.67. The molecule has 3 N–H and O–H groups in total. The van der Waals surface area contributed by atoms with Gasteiger partial charge in [-0.15, -0.1) is 0 Å². The van der Waals surface area contributed by atoms with Gasteiger partial charge in [0.1, 0.15) is 6.04 Å². The second-order valence-corrected chi connectivity index (χ2v) is 8.53. The van der Waals surface area contributed by atoms with Crippen molar-refractivity contribution in [2.45, 2.75) is 52.0 Å². The fourth-order valence-corrected chi connectivity index (χ4v) is 3.86. The summed E-state index contributed by atoms with van der Waals surface area (Å²) in [6, 6.07) is 6.39. The fourth-order valence-electron chi connectivity index (χ4n) is 3.39. The standard InChI is InChI=1S/C21H31N3O3S/c1-14-4-6-16(7-5-14)20(26)24-19(12-13-28-3)21(27)23-18-10-8-17(9-11-18)22-15(2)25/h8-11,14,16,19H,4-7,12-13H2,1-3H3,(H,22,25)(H,23,27)(H,24,26)/t14?,16?,19-/m1/s1. The van der Waals surface area contributed by atoms with Gasteiger partial charge in [-0.2, -0.15) is 11.8 Å². The van der Waals surface area contributed by atoms with Crippen LogP contribution < -0.4 is 16.0 Å². The number of benzene rings is 1. The van der Waals surface area contributed by atoms with Crippen molar-refractivity contribution in [1.29, 1.82) is 0 Å². The zero-order valence-corrected chi connectivity index (χ0v) is 17.7. The molecule has 0 saturated heterocycles. The van der Waals surface area contributed by atoms with E-state index in [-0.39, 0.29) is 23.6 Å². The summed E-state index contributed by atoms with van der Waals surface area (Å²) >= 11 is 1.65. The fraction of sp³-hybridized carbons (Fsp3) is 0.571. The van der Waals surface area contributed by atoms with Gasteiger partial charge in [0.25, 0.3) is 0 Å². The highest BCUT2D eigenvalue weighted by atomic mass is 32.2. The van der Waals surface area contributed by atoms with E-state index in [0.717, 1.165) is 31.4 Å².